The summed E-state index contributed by atoms with van der Waals surface area (Å²) in [4.78, 5) is 14.8. The first-order chi connectivity index (χ1) is 10.8. The monoisotopic (exact) mass is 298 g/mol. The lowest BCUT2D eigenvalue weighted by Crippen LogP contribution is -2.27. The molecule has 3 nitrogen and oxygen atoms in total. The van der Waals surface area contributed by atoms with E-state index < -0.39 is 0 Å². The molecule has 0 unspecified atom stereocenters. The fourth-order valence-electron chi connectivity index (χ4n) is 2.72. The first-order valence-corrected chi connectivity index (χ1v) is 8.24. The van der Waals surface area contributed by atoms with Gasteiger partial charge in [-0.1, -0.05) is 50.2 Å². The molecular formula is C19H26N2O. The van der Waals surface area contributed by atoms with E-state index in [1.807, 2.05) is 42.5 Å². The van der Waals surface area contributed by atoms with Gasteiger partial charge in [0.1, 0.15) is 0 Å². The molecule has 0 spiro atoms. The van der Waals surface area contributed by atoms with E-state index in [0.29, 0.717) is 0 Å². The van der Waals surface area contributed by atoms with Crippen molar-refractivity contribution in [3.63, 3.8) is 0 Å². The number of hydrogen-bond acceptors (Lipinski definition) is 2. The van der Waals surface area contributed by atoms with Crippen LogP contribution in [0.25, 0.3) is 10.8 Å². The molecule has 0 aliphatic heterocycles. The Balaban J connectivity index is 1.84. The van der Waals surface area contributed by atoms with Crippen molar-refractivity contribution in [2.75, 3.05) is 26.2 Å². The van der Waals surface area contributed by atoms with Gasteiger partial charge in [0.2, 0.25) is 0 Å². The number of rotatable bonds is 8. The number of fused-ring (bicyclic) bond motifs is 1. The highest BCUT2D eigenvalue weighted by molar-refractivity contribution is 6.06. The SMILES string of the molecule is CCN(CC)CCCCNC(=O)c1cccc2ccccc12. The van der Waals surface area contributed by atoms with Crippen LogP contribution in [0.2, 0.25) is 0 Å². The van der Waals surface area contributed by atoms with Crippen molar-refractivity contribution in [3.05, 3.63) is 48.0 Å². The minimum absolute atomic E-state index is 0.0274. The molecule has 0 atom stereocenters. The summed E-state index contributed by atoms with van der Waals surface area (Å²) in [6.07, 6.45) is 2.14. The zero-order valence-electron chi connectivity index (χ0n) is 13.6. The van der Waals surface area contributed by atoms with E-state index in [1.165, 1.54) is 0 Å². The second-order valence-corrected chi connectivity index (χ2v) is 5.52. The van der Waals surface area contributed by atoms with Crippen LogP contribution in [0.3, 0.4) is 0 Å². The van der Waals surface area contributed by atoms with Gasteiger partial charge in [-0.2, -0.15) is 0 Å². The van der Waals surface area contributed by atoms with Crippen molar-refractivity contribution in [3.8, 4) is 0 Å². The van der Waals surface area contributed by atoms with Crippen LogP contribution >= 0.6 is 0 Å². The molecule has 0 bridgehead atoms. The van der Waals surface area contributed by atoms with E-state index in [0.717, 1.165) is 55.4 Å². The molecule has 0 aromatic heterocycles. The van der Waals surface area contributed by atoms with Crippen LogP contribution in [0, 0.1) is 0 Å². The number of benzene rings is 2. The van der Waals surface area contributed by atoms with Crippen molar-refractivity contribution in [1.29, 1.82) is 0 Å². The second kappa shape index (κ2) is 8.54. The summed E-state index contributed by atoms with van der Waals surface area (Å²) < 4.78 is 0. The van der Waals surface area contributed by atoms with Gasteiger partial charge in [0.25, 0.3) is 5.91 Å². The zero-order chi connectivity index (χ0) is 15.8. The van der Waals surface area contributed by atoms with Gasteiger partial charge in [0.15, 0.2) is 0 Å². The predicted molar refractivity (Wildman–Crippen MR) is 93.3 cm³/mol. The normalized spacial score (nSPS) is 11.0. The molecule has 2 aromatic rings. The van der Waals surface area contributed by atoms with Gasteiger partial charge < -0.3 is 10.2 Å². The summed E-state index contributed by atoms with van der Waals surface area (Å²) in [5, 5.41) is 5.17. The number of amides is 1. The number of unbranched alkanes of at least 4 members (excludes halogenated alkanes) is 1. The summed E-state index contributed by atoms with van der Waals surface area (Å²) in [5.41, 5.74) is 0.766. The smallest absolute Gasteiger partial charge is 0.251 e. The van der Waals surface area contributed by atoms with Gasteiger partial charge >= 0.3 is 0 Å². The van der Waals surface area contributed by atoms with Gasteiger partial charge in [0.05, 0.1) is 0 Å². The van der Waals surface area contributed by atoms with Crippen LogP contribution in [0.4, 0.5) is 0 Å². The summed E-state index contributed by atoms with van der Waals surface area (Å²) in [7, 11) is 0. The Morgan fingerprint density at radius 2 is 1.73 bits per heavy atom. The Labute approximate surface area is 133 Å². The maximum atomic E-state index is 12.3. The summed E-state index contributed by atoms with van der Waals surface area (Å²) in [6, 6.07) is 13.9. The third-order valence-electron chi connectivity index (χ3n) is 4.12. The molecular weight excluding hydrogens is 272 g/mol. The van der Waals surface area contributed by atoms with E-state index in [-0.39, 0.29) is 5.91 Å². The second-order valence-electron chi connectivity index (χ2n) is 5.52. The summed E-state index contributed by atoms with van der Waals surface area (Å²) in [5.74, 6) is 0.0274. The molecule has 0 radical (unpaired) electrons. The summed E-state index contributed by atoms with van der Waals surface area (Å²) in [6.45, 7) is 8.41. The third-order valence-corrected chi connectivity index (χ3v) is 4.12. The van der Waals surface area contributed by atoms with Gasteiger partial charge in [-0.3, -0.25) is 4.79 Å². The Kier molecular flexibility index (Phi) is 6.41. The topological polar surface area (TPSA) is 32.3 Å². The summed E-state index contributed by atoms with van der Waals surface area (Å²) >= 11 is 0. The number of carbonyl (C=O) groups excluding carboxylic acids is 1. The Bertz CT molecular complexity index is 600. The highest BCUT2D eigenvalue weighted by Gasteiger charge is 2.08. The molecule has 1 amide bonds. The zero-order valence-corrected chi connectivity index (χ0v) is 13.6. The minimum Gasteiger partial charge on any atom is -0.352 e. The maximum Gasteiger partial charge on any atom is 0.251 e. The molecule has 0 aliphatic rings. The van der Waals surface area contributed by atoms with Crippen LogP contribution in [-0.2, 0) is 0 Å². The highest BCUT2D eigenvalue weighted by Crippen LogP contribution is 2.18. The van der Waals surface area contributed by atoms with E-state index in [2.05, 4.69) is 24.1 Å². The minimum atomic E-state index is 0.0274. The average Bonchev–Trinajstić information content (AvgIpc) is 2.57. The quantitative estimate of drug-likeness (QED) is 0.754. The number of hydrogen-bond donors (Lipinski definition) is 1. The highest BCUT2D eigenvalue weighted by atomic mass is 16.1. The Morgan fingerprint density at radius 3 is 2.50 bits per heavy atom. The van der Waals surface area contributed by atoms with Crippen molar-refractivity contribution in [2.24, 2.45) is 0 Å². The molecule has 0 heterocycles. The average molecular weight is 298 g/mol. The number of nitrogens with one attached hydrogen (secondary N) is 1. The predicted octanol–water partition coefficient (Wildman–Crippen LogP) is 3.69. The van der Waals surface area contributed by atoms with Gasteiger partial charge in [0, 0.05) is 12.1 Å². The van der Waals surface area contributed by atoms with E-state index in [4.69, 9.17) is 0 Å². The van der Waals surface area contributed by atoms with Crippen molar-refractivity contribution in [2.45, 2.75) is 26.7 Å². The lowest BCUT2D eigenvalue weighted by atomic mass is 10.0. The third kappa shape index (κ3) is 4.31. The van der Waals surface area contributed by atoms with E-state index >= 15 is 0 Å². The Morgan fingerprint density at radius 1 is 1.00 bits per heavy atom. The number of carbonyl (C=O) groups is 1. The van der Waals surface area contributed by atoms with E-state index in [1.54, 1.807) is 0 Å². The lowest BCUT2D eigenvalue weighted by Gasteiger charge is -2.17. The fourth-order valence-corrected chi connectivity index (χ4v) is 2.72. The first-order valence-electron chi connectivity index (χ1n) is 8.24. The molecule has 2 aromatic carbocycles. The first kappa shape index (κ1) is 16.5. The molecule has 22 heavy (non-hydrogen) atoms. The molecule has 0 saturated carbocycles. The molecule has 2 rings (SSSR count). The van der Waals surface area contributed by atoms with Crippen LogP contribution < -0.4 is 5.32 Å². The van der Waals surface area contributed by atoms with Crippen molar-refractivity contribution >= 4 is 16.7 Å². The van der Waals surface area contributed by atoms with Gasteiger partial charge in [-0.15, -0.1) is 0 Å². The van der Waals surface area contributed by atoms with Crippen LogP contribution in [0.15, 0.2) is 42.5 Å². The molecule has 0 fully saturated rings. The molecule has 0 aliphatic carbocycles. The van der Waals surface area contributed by atoms with Crippen LogP contribution in [0.1, 0.15) is 37.0 Å². The fraction of sp³-hybridized carbons (Fsp3) is 0.421. The van der Waals surface area contributed by atoms with E-state index in [9.17, 15) is 4.79 Å². The maximum absolute atomic E-state index is 12.3. The molecule has 0 saturated heterocycles. The van der Waals surface area contributed by atoms with Crippen LogP contribution in [-0.4, -0.2) is 37.0 Å². The van der Waals surface area contributed by atoms with Crippen molar-refractivity contribution < 1.29 is 4.79 Å². The van der Waals surface area contributed by atoms with Crippen LogP contribution in [0.5, 0.6) is 0 Å². The lowest BCUT2D eigenvalue weighted by molar-refractivity contribution is 0.0954. The van der Waals surface area contributed by atoms with Crippen molar-refractivity contribution in [1.82, 2.24) is 10.2 Å². The largest absolute Gasteiger partial charge is 0.352 e. The van der Waals surface area contributed by atoms with Gasteiger partial charge in [-0.25, -0.2) is 0 Å². The molecule has 1 N–H and O–H groups in total. The molecule has 3 heteroatoms. The Hall–Kier alpha value is -1.87. The van der Waals surface area contributed by atoms with Gasteiger partial charge in [-0.05, 0) is 49.3 Å². The standard InChI is InChI=1S/C19H26N2O/c1-3-21(4-2)15-8-7-14-20-19(22)18-13-9-11-16-10-5-6-12-17(16)18/h5-6,9-13H,3-4,7-8,14-15H2,1-2H3,(H,20,22). The molecule has 118 valence electrons. The number of nitrogens with zero attached hydrogens (tertiary/aromatic N) is 1.